The first-order valence-electron chi connectivity index (χ1n) is 14.3. The van der Waals surface area contributed by atoms with Gasteiger partial charge in [0.15, 0.2) is 12.2 Å². The number of aryl methyl sites for hydroxylation is 1. The van der Waals surface area contributed by atoms with Crippen molar-refractivity contribution < 1.29 is 33.4 Å². The fourth-order valence-electron chi connectivity index (χ4n) is 8.98. The van der Waals surface area contributed by atoms with Crippen LogP contribution in [0.1, 0.15) is 84.4 Å². The number of aliphatic hydroxyl groups excluding tert-OH is 1. The lowest BCUT2D eigenvalue weighted by Gasteiger charge is -2.63. The van der Waals surface area contributed by atoms with Gasteiger partial charge in [-0.25, -0.2) is 4.39 Å². The zero-order valence-electron chi connectivity index (χ0n) is 23.9. The highest BCUT2D eigenvalue weighted by atomic mass is 19.1. The lowest BCUT2D eigenvalue weighted by Crippen LogP contribution is -2.70. The van der Waals surface area contributed by atoms with Crippen LogP contribution in [0.25, 0.3) is 6.08 Å². The molecule has 1 N–H and O–H groups in total. The Bertz CT molecular complexity index is 1240. The van der Waals surface area contributed by atoms with E-state index in [1.54, 1.807) is 24.7 Å². The molecular weight excluding hydrogens is 503 g/mol. The van der Waals surface area contributed by atoms with Gasteiger partial charge in [0, 0.05) is 42.6 Å². The van der Waals surface area contributed by atoms with Gasteiger partial charge in [0.1, 0.15) is 5.67 Å². The van der Waals surface area contributed by atoms with Crippen molar-refractivity contribution in [1.29, 1.82) is 0 Å². The number of fused-ring (bicyclic) bond motifs is 6. The van der Waals surface area contributed by atoms with E-state index < -0.39 is 64.4 Å². The minimum absolute atomic E-state index is 0.0395. The van der Waals surface area contributed by atoms with Crippen molar-refractivity contribution in [1.82, 2.24) is 9.78 Å². The number of allylic oxidation sites excluding steroid dienone is 1. The maximum absolute atomic E-state index is 17.9. The Kier molecular flexibility index (Phi) is 6.64. The third kappa shape index (κ3) is 3.57. The van der Waals surface area contributed by atoms with Gasteiger partial charge in [0.05, 0.1) is 18.0 Å². The smallest absolute Gasteiger partial charge is 0.306 e. The highest BCUT2D eigenvalue weighted by molar-refractivity contribution is 5.93. The third-order valence-corrected chi connectivity index (χ3v) is 10.9. The molecule has 0 unspecified atom stereocenters. The van der Waals surface area contributed by atoms with Crippen molar-refractivity contribution in [2.24, 2.45) is 35.6 Å². The number of nitrogens with zero attached hydrogens (tertiary/aromatic N) is 2. The summed E-state index contributed by atoms with van der Waals surface area (Å²) >= 11 is 0. The molecule has 8 atom stereocenters. The van der Waals surface area contributed by atoms with E-state index >= 15 is 4.39 Å². The standard InChI is InChI=1S/C30H41FN2O6/c1-7-25(36)38-16-24(35)30(39-26(37)8-2)17(3)11-21-20-10-9-19-12-22-18(15-32-33(22)6)13-27(19,4)29(20,31)23(34)14-28(21,30)5/h12,15,17,20-21,23,34H,7-11,13-14,16H2,1-6H3/t17-,20-,21-,23-,27-,28-,29-,30-/m0/s1. The maximum atomic E-state index is 17.9. The topological polar surface area (TPSA) is 108 Å². The second kappa shape index (κ2) is 9.25. The largest absolute Gasteiger partial charge is 0.457 e. The Morgan fingerprint density at radius 3 is 2.54 bits per heavy atom. The van der Waals surface area contributed by atoms with Crippen molar-refractivity contribution >= 4 is 23.8 Å². The molecule has 3 saturated carbocycles. The molecule has 0 saturated heterocycles. The lowest BCUT2D eigenvalue weighted by molar-refractivity contribution is -0.234. The van der Waals surface area contributed by atoms with E-state index in [0.717, 1.165) is 16.8 Å². The first kappa shape index (κ1) is 28.0. The summed E-state index contributed by atoms with van der Waals surface area (Å²) in [5.41, 5.74) is -2.59. The molecule has 4 aliphatic rings. The number of aromatic nitrogens is 2. The number of ether oxygens (including phenoxy) is 2. The first-order valence-corrected chi connectivity index (χ1v) is 14.3. The molecule has 0 spiro atoms. The number of hydrogen-bond acceptors (Lipinski definition) is 7. The summed E-state index contributed by atoms with van der Waals surface area (Å²) in [7, 11) is 1.88. The van der Waals surface area contributed by atoms with Crippen molar-refractivity contribution in [2.45, 2.75) is 96.9 Å². The monoisotopic (exact) mass is 544 g/mol. The van der Waals surface area contributed by atoms with E-state index in [1.165, 1.54) is 0 Å². The number of hydrogen-bond donors (Lipinski definition) is 1. The van der Waals surface area contributed by atoms with Gasteiger partial charge >= 0.3 is 11.9 Å². The van der Waals surface area contributed by atoms with Crippen LogP contribution in [0.5, 0.6) is 0 Å². The van der Waals surface area contributed by atoms with Gasteiger partial charge in [0.2, 0.25) is 5.78 Å². The highest BCUT2D eigenvalue weighted by Crippen LogP contribution is 2.72. The Labute approximate surface area is 229 Å². The first-order chi connectivity index (χ1) is 18.3. The number of carbonyl (C=O) groups is 3. The number of alkyl halides is 1. The normalized spacial score (nSPS) is 40.5. The summed E-state index contributed by atoms with van der Waals surface area (Å²) in [6.45, 7) is 8.42. The van der Waals surface area contributed by atoms with Gasteiger partial charge in [-0.05, 0) is 49.7 Å². The molecule has 1 aromatic heterocycles. The van der Waals surface area contributed by atoms with E-state index in [0.29, 0.717) is 25.7 Å². The minimum atomic E-state index is -1.93. The van der Waals surface area contributed by atoms with Crippen LogP contribution in [0.15, 0.2) is 11.8 Å². The molecule has 0 aliphatic heterocycles. The quantitative estimate of drug-likeness (QED) is 0.537. The van der Waals surface area contributed by atoms with Crippen molar-refractivity contribution in [3.8, 4) is 0 Å². The van der Waals surface area contributed by atoms with Crippen LogP contribution < -0.4 is 0 Å². The van der Waals surface area contributed by atoms with E-state index in [1.807, 2.05) is 33.9 Å². The molecule has 0 amide bonds. The maximum Gasteiger partial charge on any atom is 0.306 e. The minimum Gasteiger partial charge on any atom is -0.457 e. The lowest BCUT2D eigenvalue weighted by atomic mass is 9.43. The van der Waals surface area contributed by atoms with E-state index in [4.69, 9.17) is 9.47 Å². The average Bonchev–Trinajstić information content (AvgIpc) is 3.35. The Morgan fingerprint density at radius 1 is 1.18 bits per heavy atom. The van der Waals surface area contributed by atoms with Crippen LogP contribution in [0.2, 0.25) is 0 Å². The number of ketones is 1. The van der Waals surface area contributed by atoms with E-state index in [-0.39, 0.29) is 25.2 Å². The summed E-state index contributed by atoms with van der Waals surface area (Å²) in [5.74, 6) is -2.85. The molecule has 0 bridgehead atoms. The summed E-state index contributed by atoms with van der Waals surface area (Å²) in [5, 5.41) is 16.2. The van der Waals surface area contributed by atoms with E-state index in [9.17, 15) is 19.5 Å². The van der Waals surface area contributed by atoms with Gasteiger partial charge in [-0.1, -0.05) is 40.2 Å². The van der Waals surface area contributed by atoms with Gasteiger partial charge in [-0.15, -0.1) is 0 Å². The molecule has 39 heavy (non-hydrogen) atoms. The summed E-state index contributed by atoms with van der Waals surface area (Å²) in [6.07, 6.45) is 4.68. The van der Waals surface area contributed by atoms with Crippen LogP contribution in [0.4, 0.5) is 4.39 Å². The van der Waals surface area contributed by atoms with E-state index in [2.05, 4.69) is 5.10 Å². The van der Waals surface area contributed by atoms with Crippen molar-refractivity contribution in [3.63, 3.8) is 0 Å². The molecule has 0 aromatic carbocycles. The predicted molar refractivity (Wildman–Crippen MR) is 141 cm³/mol. The number of esters is 2. The Balaban J connectivity index is 1.58. The van der Waals surface area contributed by atoms with Crippen molar-refractivity contribution in [2.75, 3.05) is 6.61 Å². The second-order valence-electron chi connectivity index (χ2n) is 12.7. The number of rotatable bonds is 6. The van der Waals surface area contributed by atoms with Gasteiger partial charge < -0.3 is 14.6 Å². The average molecular weight is 545 g/mol. The second-order valence-corrected chi connectivity index (χ2v) is 12.7. The van der Waals surface area contributed by atoms with Gasteiger partial charge in [-0.3, -0.25) is 19.1 Å². The fraction of sp³-hybridized carbons (Fsp3) is 0.733. The summed E-state index contributed by atoms with van der Waals surface area (Å²) < 4.78 is 31.0. The number of carbonyl (C=O) groups excluding carboxylic acids is 3. The highest BCUT2D eigenvalue weighted by Gasteiger charge is 2.77. The molecule has 5 rings (SSSR count). The molecule has 1 heterocycles. The molecule has 8 nitrogen and oxygen atoms in total. The van der Waals surface area contributed by atoms with Crippen LogP contribution in [0.3, 0.4) is 0 Å². The number of aliphatic hydroxyl groups is 1. The Morgan fingerprint density at radius 2 is 1.87 bits per heavy atom. The molecular formula is C30H41FN2O6. The molecule has 214 valence electrons. The molecule has 1 aromatic rings. The zero-order chi connectivity index (χ0) is 28.5. The third-order valence-electron chi connectivity index (χ3n) is 10.9. The van der Waals surface area contributed by atoms with Gasteiger partial charge in [-0.2, -0.15) is 5.10 Å². The predicted octanol–water partition coefficient (Wildman–Crippen LogP) is 4.13. The fourth-order valence-corrected chi connectivity index (χ4v) is 8.98. The summed E-state index contributed by atoms with van der Waals surface area (Å²) in [6, 6.07) is 0. The van der Waals surface area contributed by atoms with Crippen LogP contribution >= 0.6 is 0 Å². The molecule has 3 fully saturated rings. The number of Topliss-reactive ketones (excluding diaryl/α,β-unsaturated/α-hetero) is 1. The SMILES string of the molecule is CCC(=O)OCC(=O)[C@@]1(OC(=O)CC)[C@@H](C)C[C@H]2[C@@H]3CCC4=Cc5c(cnn5C)C[C@]4(C)[C@@]3(F)[C@@H](O)C[C@@]21C. The van der Waals surface area contributed by atoms with Crippen LogP contribution in [0, 0.1) is 28.6 Å². The molecule has 0 radical (unpaired) electrons. The van der Waals surface area contributed by atoms with Crippen LogP contribution in [-0.4, -0.2) is 56.6 Å². The molecule has 9 heteroatoms. The number of halogens is 1. The van der Waals surface area contributed by atoms with Gasteiger partial charge in [0.25, 0.3) is 0 Å². The summed E-state index contributed by atoms with van der Waals surface area (Å²) in [4.78, 5) is 38.6. The Hall–Kier alpha value is -2.55. The van der Waals surface area contributed by atoms with Crippen molar-refractivity contribution in [3.05, 3.63) is 23.0 Å². The van der Waals surface area contributed by atoms with Crippen LogP contribution in [-0.2, 0) is 37.3 Å². The zero-order valence-corrected chi connectivity index (χ0v) is 23.9. The molecule has 4 aliphatic carbocycles.